The number of nitrogens with one attached hydrogen (secondary N) is 1. The second-order valence-electron chi connectivity index (χ2n) is 7.22. The van der Waals surface area contributed by atoms with E-state index in [2.05, 4.69) is 10.5 Å². The lowest BCUT2D eigenvalue weighted by Gasteiger charge is -2.25. The first-order valence-electron chi connectivity index (χ1n) is 10.2. The van der Waals surface area contributed by atoms with E-state index in [1.165, 1.54) is 44.7 Å². The Kier molecular flexibility index (Phi) is 7.75. The molecule has 0 heterocycles. The largest absolute Gasteiger partial charge is 0.504 e. The van der Waals surface area contributed by atoms with Crippen LogP contribution < -0.4 is 19.2 Å². The van der Waals surface area contributed by atoms with Gasteiger partial charge in [0.05, 0.1) is 31.0 Å². The van der Waals surface area contributed by atoms with Gasteiger partial charge in [-0.1, -0.05) is 29.8 Å². The van der Waals surface area contributed by atoms with Crippen LogP contribution >= 0.6 is 0 Å². The lowest BCUT2D eigenvalue weighted by molar-refractivity contribution is -0.119. The van der Waals surface area contributed by atoms with E-state index in [0.717, 1.165) is 9.87 Å². The first-order chi connectivity index (χ1) is 16.3. The molecule has 0 radical (unpaired) electrons. The number of aryl methyl sites for hydroxylation is 1. The van der Waals surface area contributed by atoms with Crippen LogP contribution in [0.4, 0.5) is 5.69 Å². The predicted molar refractivity (Wildman–Crippen MR) is 129 cm³/mol. The normalized spacial score (nSPS) is 11.3. The third-order valence-electron chi connectivity index (χ3n) is 4.86. The number of carbonyl (C=O) groups excluding carboxylic acids is 1. The van der Waals surface area contributed by atoms with Crippen molar-refractivity contribution in [2.75, 3.05) is 25.1 Å². The van der Waals surface area contributed by atoms with Crippen LogP contribution in [0.2, 0.25) is 0 Å². The molecule has 34 heavy (non-hydrogen) atoms. The Labute approximate surface area is 198 Å². The average Bonchev–Trinajstić information content (AvgIpc) is 2.83. The summed E-state index contributed by atoms with van der Waals surface area (Å²) < 4.78 is 38.3. The molecule has 1 amide bonds. The topological polar surface area (TPSA) is 118 Å². The van der Waals surface area contributed by atoms with Gasteiger partial charge in [-0.15, -0.1) is 0 Å². The molecular weight excluding hydrogens is 458 g/mol. The molecule has 0 atom stereocenters. The van der Waals surface area contributed by atoms with Crippen LogP contribution in [-0.2, 0) is 14.8 Å². The van der Waals surface area contributed by atoms with Gasteiger partial charge in [0.25, 0.3) is 15.9 Å². The summed E-state index contributed by atoms with van der Waals surface area (Å²) in [6.45, 7) is 1.32. The van der Waals surface area contributed by atoms with Gasteiger partial charge in [0.15, 0.2) is 11.5 Å². The van der Waals surface area contributed by atoms with Gasteiger partial charge in [0.2, 0.25) is 0 Å². The van der Waals surface area contributed by atoms with Crippen molar-refractivity contribution in [3.63, 3.8) is 0 Å². The van der Waals surface area contributed by atoms with E-state index in [-0.39, 0.29) is 22.1 Å². The number of rotatable bonds is 9. The maximum Gasteiger partial charge on any atom is 0.264 e. The third-order valence-corrected chi connectivity index (χ3v) is 6.63. The van der Waals surface area contributed by atoms with Gasteiger partial charge in [-0.25, -0.2) is 13.8 Å². The highest BCUT2D eigenvalue weighted by molar-refractivity contribution is 7.92. The minimum Gasteiger partial charge on any atom is -0.504 e. The number of hydrogen-bond donors (Lipinski definition) is 2. The molecule has 0 aliphatic heterocycles. The summed E-state index contributed by atoms with van der Waals surface area (Å²) in [5, 5.41) is 13.6. The van der Waals surface area contributed by atoms with Gasteiger partial charge >= 0.3 is 0 Å². The summed E-state index contributed by atoms with van der Waals surface area (Å²) in [7, 11) is -1.26. The maximum atomic E-state index is 13.5. The number of aromatic hydroxyl groups is 1. The molecule has 0 saturated carbocycles. The van der Waals surface area contributed by atoms with Crippen LogP contribution in [0.3, 0.4) is 0 Å². The van der Waals surface area contributed by atoms with Crippen LogP contribution in [0, 0.1) is 6.92 Å². The van der Waals surface area contributed by atoms with Gasteiger partial charge in [0, 0.05) is 0 Å². The zero-order chi connectivity index (χ0) is 24.7. The second kappa shape index (κ2) is 10.7. The minimum atomic E-state index is -4.09. The lowest BCUT2D eigenvalue weighted by Crippen LogP contribution is -2.39. The van der Waals surface area contributed by atoms with E-state index >= 15 is 0 Å². The number of amides is 1. The molecule has 3 aromatic carbocycles. The highest BCUT2D eigenvalue weighted by Crippen LogP contribution is 2.32. The molecule has 0 fully saturated rings. The fraction of sp³-hybridized carbons (Fsp3) is 0.167. The fourth-order valence-corrected chi connectivity index (χ4v) is 4.52. The Morgan fingerprint density at radius 3 is 2.38 bits per heavy atom. The van der Waals surface area contributed by atoms with Crippen molar-refractivity contribution in [3.8, 4) is 17.2 Å². The number of sulfonamides is 1. The highest BCUT2D eigenvalue weighted by Gasteiger charge is 2.29. The molecule has 3 rings (SSSR count). The number of nitrogens with zero attached hydrogens (tertiary/aromatic N) is 2. The van der Waals surface area contributed by atoms with Crippen molar-refractivity contribution >= 4 is 27.8 Å². The van der Waals surface area contributed by atoms with Crippen molar-refractivity contribution in [2.45, 2.75) is 11.8 Å². The minimum absolute atomic E-state index is 0.0301. The van der Waals surface area contributed by atoms with Gasteiger partial charge < -0.3 is 14.6 Å². The number of hydrogen-bond acceptors (Lipinski definition) is 7. The van der Waals surface area contributed by atoms with Crippen molar-refractivity contribution in [1.29, 1.82) is 0 Å². The zero-order valence-electron chi connectivity index (χ0n) is 18.9. The molecule has 0 aliphatic carbocycles. The Balaban J connectivity index is 1.87. The summed E-state index contributed by atoms with van der Waals surface area (Å²) in [4.78, 5) is 12.7. The van der Waals surface area contributed by atoms with E-state index in [9.17, 15) is 18.3 Å². The van der Waals surface area contributed by atoms with Gasteiger partial charge in [-0.3, -0.25) is 9.10 Å². The Morgan fingerprint density at radius 2 is 1.71 bits per heavy atom. The molecule has 3 aromatic rings. The monoisotopic (exact) mass is 483 g/mol. The molecular formula is C24H25N3O6S. The van der Waals surface area contributed by atoms with Crippen LogP contribution in [0.5, 0.6) is 17.2 Å². The van der Waals surface area contributed by atoms with E-state index in [1.807, 2.05) is 6.92 Å². The van der Waals surface area contributed by atoms with Crippen molar-refractivity contribution in [3.05, 3.63) is 77.9 Å². The van der Waals surface area contributed by atoms with Crippen molar-refractivity contribution in [2.24, 2.45) is 5.10 Å². The van der Waals surface area contributed by atoms with Crippen LogP contribution in [-0.4, -0.2) is 46.4 Å². The zero-order valence-corrected chi connectivity index (χ0v) is 19.7. The number of carbonyl (C=O) groups is 1. The number of benzene rings is 3. The third kappa shape index (κ3) is 5.65. The molecule has 0 bridgehead atoms. The Hall–Kier alpha value is -4.05. The number of anilines is 1. The fourth-order valence-electron chi connectivity index (χ4n) is 3.09. The number of hydrazone groups is 1. The quantitative estimate of drug-likeness (QED) is 0.357. The van der Waals surface area contributed by atoms with Crippen molar-refractivity contribution in [1.82, 2.24) is 5.43 Å². The van der Waals surface area contributed by atoms with Gasteiger partial charge in [0.1, 0.15) is 12.3 Å². The maximum absolute atomic E-state index is 13.5. The van der Waals surface area contributed by atoms with Crippen LogP contribution in [0.25, 0.3) is 0 Å². The smallest absolute Gasteiger partial charge is 0.264 e. The molecule has 178 valence electrons. The number of phenols is 1. The first-order valence-corrected chi connectivity index (χ1v) is 11.6. The van der Waals surface area contributed by atoms with Gasteiger partial charge in [-0.05, 0) is 55.0 Å². The summed E-state index contributed by atoms with van der Waals surface area (Å²) in [5.41, 5.74) is 4.01. The molecule has 9 nitrogen and oxygen atoms in total. The number of ether oxygens (including phenoxy) is 2. The van der Waals surface area contributed by atoms with Crippen LogP contribution in [0.1, 0.15) is 11.1 Å². The SMILES string of the molecule is COc1cc(/C=N\NC(=O)CN(c2ccccc2OC)S(=O)(=O)c2ccc(C)cc2)ccc1O. The second-order valence-corrected chi connectivity index (χ2v) is 9.08. The highest BCUT2D eigenvalue weighted by atomic mass is 32.2. The first kappa shape index (κ1) is 24.6. The van der Waals surface area contributed by atoms with Crippen LogP contribution in [0.15, 0.2) is 76.7 Å². The molecule has 0 aliphatic rings. The van der Waals surface area contributed by atoms with Crippen molar-refractivity contribution < 1.29 is 27.8 Å². The number of phenolic OH excluding ortho intramolecular Hbond substituents is 1. The summed E-state index contributed by atoms with van der Waals surface area (Å²) >= 11 is 0. The number of methoxy groups -OCH3 is 2. The number of para-hydroxylation sites is 2. The van der Waals surface area contributed by atoms with E-state index in [1.54, 1.807) is 42.5 Å². The molecule has 0 aromatic heterocycles. The molecule has 10 heteroatoms. The molecule has 0 spiro atoms. The molecule has 0 unspecified atom stereocenters. The lowest BCUT2D eigenvalue weighted by atomic mass is 10.2. The van der Waals surface area contributed by atoms with E-state index < -0.39 is 22.5 Å². The molecule has 0 saturated heterocycles. The van der Waals surface area contributed by atoms with E-state index in [4.69, 9.17) is 9.47 Å². The Bertz CT molecular complexity index is 1290. The summed E-state index contributed by atoms with van der Waals surface area (Å²) in [6.07, 6.45) is 1.35. The van der Waals surface area contributed by atoms with Gasteiger partial charge in [-0.2, -0.15) is 5.10 Å². The average molecular weight is 484 g/mol. The summed E-state index contributed by atoms with van der Waals surface area (Å²) in [6, 6.07) is 17.4. The standard InChI is InChI=1S/C24H25N3O6S/c1-17-8-11-19(12-9-17)34(30,31)27(20-6-4-5-7-22(20)32-2)16-24(29)26-25-15-18-10-13-21(28)23(14-18)33-3/h4-15,28H,16H2,1-3H3,(H,26,29)/b25-15-. The predicted octanol–water partition coefficient (Wildman–Crippen LogP) is 3.06. The molecule has 2 N–H and O–H groups in total. The summed E-state index contributed by atoms with van der Waals surface area (Å²) in [5.74, 6) is -0.145. The Morgan fingerprint density at radius 1 is 1.03 bits per heavy atom. The van der Waals surface area contributed by atoms with E-state index in [0.29, 0.717) is 11.3 Å².